The zero-order valence-corrected chi connectivity index (χ0v) is 20.1. The Morgan fingerprint density at radius 3 is 2.41 bits per heavy atom. The summed E-state index contributed by atoms with van der Waals surface area (Å²) in [7, 11) is 0. The number of fused-ring (bicyclic) bond motifs is 2. The van der Waals surface area contributed by atoms with Crippen LogP contribution in [0.5, 0.6) is 5.88 Å². The number of aromatic hydroxyl groups is 1. The highest BCUT2D eigenvalue weighted by atomic mass is 19.1. The largest absolute Gasteiger partial charge is 0.492 e. The van der Waals surface area contributed by atoms with E-state index < -0.39 is 34.4 Å². The van der Waals surface area contributed by atoms with Gasteiger partial charge in [-0.1, -0.05) is 40.7 Å². The lowest BCUT2D eigenvalue weighted by Gasteiger charge is -2.24. The van der Waals surface area contributed by atoms with E-state index in [0.717, 1.165) is 10.6 Å². The van der Waals surface area contributed by atoms with Crippen LogP contribution < -0.4 is 0 Å². The maximum atomic E-state index is 15.4. The van der Waals surface area contributed by atoms with E-state index in [2.05, 4.69) is 9.97 Å². The van der Waals surface area contributed by atoms with E-state index in [1.165, 1.54) is 10.5 Å². The average Bonchev–Trinajstić information content (AvgIpc) is 3.22. The van der Waals surface area contributed by atoms with Gasteiger partial charge in [0, 0.05) is 29.9 Å². The molecular weight excluding hydrogens is 442 g/mol. The highest BCUT2D eigenvalue weighted by molar-refractivity contribution is 5.91. The topological polar surface area (TPSA) is 81.1 Å². The Balaban J connectivity index is 1.82. The SMILES string of the molecule is CCOC(=O)c1c(O)nc2c(C(C)(C)Cc3nc4c(C(C)(C)C)cc(F)cn4c3F)cccn12. The molecule has 34 heavy (non-hydrogen) atoms. The van der Waals surface area contributed by atoms with Crippen molar-refractivity contribution in [3.05, 3.63) is 64.9 Å². The lowest BCUT2D eigenvalue weighted by atomic mass is 9.81. The summed E-state index contributed by atoms with van der Waals surface area (Å²) in [6.45, 7) is 11.4. The minimum absolute atomic E-state index is 0.0706. The van der Waals surface area contributed by atoms with Gasteiger partial charge in [0.15, 0.2) is 5.69 Å². The highest BCUT2D eigenvalue weighted by Gasteiger charge is 2.31. The molecule has 0 saturated heterocycles. The van der Waals surface area contributed by atoms with E-state index in [-0.39, 0.29) is 24.4 Å². The first kappa shape index (κ1) is 23.7. The third kappa shape index (κ3) is 3.89. The number of esters is 1. The molecule has 0 fully saturated rings. The molecule has 0 amide bonds. The van der Waals surface area contributed by atoms with Crippen LogP contribution in [0.4, 0.5) is 8.78 Å². The zero-order chi connectivity index (χ0) is 25.0. The quantitative estimate of drug-likeness (QED) is 0.417. The summed E-state index contributed by atoms with van der Waals surface area (Å²) in [5, 5.41) is 10.3. The Labute approximate surface area is 196 Å². The Bertz CT molecular complexity index is 1410. The van der Waals surface area contributed by atoms with Gasteiger partial charge in [0.25, 0.3) is 0 Å². The van der Waals surface area contributed by atoms with Gasteiger partial charge in [-0.2, -0.15) is 9.37 Å². The maximum absolute atomic E-state index is 15.4. The second-order valence-electron chi connectivity index (χ2n) is 10.0. The van der Waals surface area contributed by atoms with Crippen molar-refractivity contribution in [2.75, 3.05) is 6.61 Å². The lowest BCUT2D eigenvalue weighted by molar-refractivity contribution is 0.0514. The number of carbonyl (C=O) groups excluding carboxylic acids is 1. The van der Waals surface area contributed by atoms with E-state index in [9.17, 15) is 14.3 Å². The van der Waals surface area contributed by atoms with Gasteiger partial charge in [0.1, 0.15) is 17.1 Å². The fourth-order valence-corrected chi connectivity index (χ4v) is 4.28. The number of carbonyl (C=O) groups is 1. The number of rotatable bonds is 5. The number of hydrogen-bond acceptors (Lipinski definition) is 5. The number of nitrogens with zero attached hydrogens (tertiary/aromatic N) is 4. The second-order valence-corrected chi connectivity index (χ2v) is 10.0. The number of hydrogen-bond donors (Lipinski definition) is 1. The van der Waals surface area contributed by atoms with Crippen molar-refractivity contribution in [1.29, 1.82) is 0 Å². The number of halogens is 2. The van der Waals surface area contributed by atoms with Gasteiger partial charge in [0.2, 0.25) is 11.8 Å². The molecule has 0 aromatic carbocycles. The Kier molecular flexibility index (Phi) is 5.62. The van der Waals surface area contributed by atoms with Crippen molar-refractivity contribution in [2.24, 2.45) is 0 Å². The predicted molar refractivity (Wildman–Crippen MR) is 123 cm³/mol. The molecule has 9 heteroatoms. The van der Waals surface area contributed by atoms with Crippen LogP contribution >= 0.6 is 0 Å². The molecule has 0 saturated carbocycles. The molecule has 0 atom stereocenters. The molecule has 0 spiro atoms. The molecule has 4 rings (SSSR count). The van der Waals surface area contributed by atoms with E-state index in [1.807, 2.05) is 40.7 Å². The minimum atomic E-state index is -0.703. The van der Waals surface area contributed by atoms with Crippen molar-refractivity contribution in [3.63, 3.8) is 0 Å². The molecule has 0 aliphatic rings. The highest BCUT2D eigenvalue weighted by Crippen LogP contribution is 2.35. The van der Waals surface area contributed by atoms with Gasteiger partial charge in [-0.15, -0.1) is 0 Å². The fourth-order valence-electron chi connectivity index (χ4n) is 4.28. The molecular formula is C25H28F2N4O3. The molecule has 4 heterocycles. The first-order chi connectivity index (χ1) is 15.8. The number of imidazole rings is 2. The molecule has 0 unspecified atom stereocenters. The number of ether oxygens (including phenoxy) is 1. The Hall–Kier alpha value is -3.49. The minimum Gasteiger partial charge on any atom is -0.492 e. The molecule has 7 nitrogen and oxygen atoms in total. The van der Waals surface area contributed by atoms with Crippen LogP contribution in [0.15, 0.2) is 30.6 Å². The maximum Gasteiger partial charge on any atom is 0.361 e. The van der Waals surface area contributed by atoms with E-state index in [0.29, 0.717) is 22.4 Å². The molecule has 1 N–H and O–H groups in total. The van der Waals surface area contributed by atoms with Crippen LogP contribution in [-0.2, 0) is 22.0 Å². The summed E-state index contributed by atoms with van der Waals surface area (Å²) < 4.78 is 37.3. The lowest BCUT2D eigenvalue weighted by Crippen LogP contribution is -2.23. The van der Waals surface area contributed by atoms with Gasteiger partial charge >= 0.3 is 5.97 Å². The van der Waals surface area contributed by atoms with Gasteiger partial charge in [-0.25, -0.2) is 14.2 Å². The molecule has 0 bridgehead atoms. The van der Waals surface area contributed by atoms with Gasteiger partial charge in [-0.3, -0.25) is 8.80 Å². The predicted octanol–water partition coefficient (Wildman–Crippen LogP) is 4.96. The van der Waals surface area contributed by atoms with Crippen LogP contribution in [0.25, 0.3) is 11.3 Å². The van der Waals surface area contributed by atoms with Crippen LogP contribution in [-0.4, -0.2) is 36.5 Å². The number of aromatic nitrogens is 4. The molecule has 0 aliphatic heterocycles. The molecule has 0 radical (unpaired) electrons. The van der Waals surface area contributed by atoms with Crippen LogP contribution in [0.2, 0.25) is 0 Å². The summed E-state index contributed by atoms with van der Waals surface area (Å²) in [5.41, 5.74) is 0.997. The summed E-state index contributed by atoms with van der Waals surface area (Å²) in [4.78, 5) is 21.1. The van der Waals surface area contributed by atoms with Gasteiger partial charge in [0.05, 0.1) is 12.3 Å². The fraction of sp³-hybridized carbons (Fsp3) is 0.400. The smallest absolute Gasteiger partial charge is 0.361 e. The third-order valence-electron chi connectivity index (χ3n) is 5.94. The Morgan fingerprint density at radius 1 is 1.09 bits per heavy atom. The molecule has 4 aromatic heterocycles. The normalized spacial score (nSPS) is 12.6. The Morgan fingerprint density at radius 2 is 1.76 bits per heavy atom. The molecule has 4 aromatic rings. The van der Waals surface area contributed by atoms with E-state index >= 15 is 4.39 Å². The second kappa shape index (κ2) is 8.07. The summed E-state index contributed by atoms with van der Waals surface area (Å²) in [6.07, 6.45) is 2.88. The first-order valence-electron chi connectivity index (χ1n) is 11.1. The van der Waals surface area contributed by atoms with Crippen molar-refractivity contribution in [2.45, 2.75) is 58.8 Å². The van der Waals surface area contributed by atoms with Crippen LogP contribution in [0, 0.1) is 11.8 Å². The monoisotopic (exact) mass is 470 g/mol. The number of pyridine rings is 2. The standard InChI is InChI=1S/C25H28F2N4O3/c1-7-34-23(33)18-22(32)29-20-15(9-8-10-30(18)20)25(5,6)12-17-19(27)31-13-14(26)11-16(21(31)28-17)24(2,3)4/h8-11,13,32H,7,12H2,1-6H3. The third-order valence-corrected chi connectivity index (χ3v) is 5.94. The van der Waals surface area contributed by atoms with Gasteiger partial charge in [-0.05, 0) is 29.9 Å². The van der Waals surface area contributed by atoms with Crippen molar-refractivity contribution < 1.29 is 23.4 Å². The summed E-state index contributed by atoms with van der Waals surface area (Å²) >= 11 is 0. The zero-order valence-electron chi connectivity index (χ0n) is 20.1. The van der Waals surface area contributed by atoms with Crippen LogP contribution in [0.3, 0.4) is 0 Å². The molecule has 180 valence electrons. The summed E-state index contributed by atoms with van der Waals surface area (Å²) in [5.74, 6) is -2.29. The van der Waals surface area contributed by atoms with Gasteiger partial charge < -0.3 is 9.84 Å². The van der Waals surface area contributed by atoms with E-state index in [1.54, 1.807) is 19.2 Å². The average molecular weight is 471 g/mol. The van der Waals surface area contributed by atoms with Crippen molar-refractivity contribution in [3.8, 4) is 5.88 Å². The molecule has 0 aliphatic carbocycles. The van der Waals surface area contributed by atoms with Crippen LogP contribution in [0.1, 0.15) is 68.9 Å². The van der Waals surface area contributed by atoms with Crippen molar-refractivity contribution in [1.82, 2.24) is 18.8 Å². The van der Waals surface area contributed by atoms with E-state index in [4.69, 9.17) is 4.74 Å². The van der Waals surface area contributed by atoms with Crippen molar-refractivity contribution >= 4 is 17.3 Å². The summed E-state index contributed by atoms with van der Waals surface area (Å²) in [6, 6.07) is 4.92. The first-order valence-corrected chi connectivity index (χ1v) is 11.1.